The topological polar surface area (TPSA) is 21.3 Å². The first-order valence-corrected chi connectivity index (χ1v) is 5.39. The quantitative estimate of drug-likeness (QED) is 0.632. The van der Waals surface area contributed by atoms with E-state index in [4.69, 9.17) is 11.2 Å². The van der Waals surface area contributed by atoms with Crippen LogP contribution in [0.1, 0.15) is 40.0 Å². The Morgan fingerprint density at radius 3 is 2.50 bits per heavy atom. The molecule has 2 unspecified atom stereocenters. The molecular weight excluding hydrogens is 174 g/mol. The maximum Gasteiger partial charge on any atom is 0.0804 e. The molecule has 0 rings (SSSR count). The SMILES string of the molecule is C#CCCC(NC)C(C)(CC)OCC. The highest BCUT2D eigenvalue weighted by atomic mass is 16.5. The zero-order chi connectivity index (χ0) is 11.0. The van der Waals surface area contributed by atoms with E-state index in [0.717, 1.165) is 25.9 Å². The molecule has 14 heavy (non-hydrogen) atoms. The predicted molar refractivity (Wildman–Crippen MR) is 61.2 cm³/mol. The molecule has 0 aromatic carbocycles. The third-order valence-electron chi connectivity index (χ3n) is 2.84. The summed E-state index contributed by atoms with van der Waals surface area (Å²) < 4.78 is 5.80. The Balaban J connectivity index is 4.35. The van der Waals surface area contributed by atoms with Gasteiger partial charge in [-0.2, -0.15) is 0 Å². The third-order valence-corrected chi connectivity index (χ3v) is 2.84. The van der Waals surface area contributed by atoms with E-state index in [1.807, 2.05) is 14.0 Å². The first-order chi connectivity index (χ1) is 6.64. The van der Waals surface area contributed by atoms with E-state index in [1.165, 1.54) is 0 Å². The Bertz CT molecular complexity index is 185. The Morgan fingerprint density at radius 1 is 1.50 bits per heavy atom. The van der Waals surface area contributed by atoms with Crippen LogP contribution in [-0.2, 0) is 4.74 Å². The van der Waals surface area contributed by atoms with Crippen molar-refractivity contribution in [2.45, 2.75) is 51.7 Å². The van der Waals surface area contributed by atoms with Crippen molar-refractivity contribution in [2.75, 3.05) is 13.7 Å². The van der Waals surface area contributed by atoms with E-state index >= 15 is 0 Å². The molecule has 0 aliphatic heterocycles. The van der Waals surface area contributed by atoms with Gasteiger partial charge in [0.15, 0.2) is 0 Å². The average Bonchev–Trinajstić information content (AvgIpc) is 2.19. The highest BCUT2D eigenvalue weighted by molar-refractivity contribution is 4.92. The Hall–Kier alpha value is -0.520. The highest BCUT2D eigenvalue weighted by Crippen LogP contribution is 2.23. The van der Waals surface area contributed by atoms with E-state index < -0.39 is 0 Å². The maximum atomic E-state index is 5.80. The minimum Gasteiger partial charge on any atom is -0.374 e. The number of likely N-dealkylation sites (N-methyl/N-ethyl adjacent to an activating group) is 1. The van der Waals surface area contributed by atoms with Gasteiger partial charge in [0.1, 0.15) is 0 Å². The molecule has 0 spiro atoms. The molecular formula is C12H23NO. The van der Waals surface area contributed by atoms with Gasteiger partial charge in [-0.1, -0.05) is 6.92 Å². The molecule has 0 bridgehead atoms. The van der Waals surface area contributed by atoms with E-state index in [2.05, 4.69) is 25.1 Å². The van der Waals surface area contributed by atoms with Crippen LogP contribution in [0.3, 0.4) is 0 Å². The number of terminal acetylenes is 1. The predicted octanol–water partition coefficient (Wildman–Crippen LogP) is 2.19. The molecule has 2 heteroatoms. The molecule has 0 aromatic heterocycles. The van der Waals surface area contributed by atoms with Crippen molar-refractivity contribution in [3.63, 3.8) is 0 Å². The average molecular weight is 197 g/mol. The lowest BCUT2D eigenvalue weighted by atomic mass is 9.90. The van der Waals surface area contributed by atoms with Gasteiger partial charge in [-0.05, 0) is 33.7 Å². The van der Waals surface area contributed by atoms with Crippen molar-refractivity contribution < 1.29 is 4.74 Å². The van der Waals surface area contributed by atoms with E-state index in [-0.39, 0.29) is 5.60 Å². The summed E-state index contributed by atoms with van der Waals surface area (Å²) in [7, 11) is 1.97. The summed E-state index contributed by atoms with van der Waals surface area (Å²) in [6, 6.07) is 0.337. The van der Waals surface area contributed by atoms with E-state index in [9.17, 15) is 0 Å². The summed E-state index contributed by atoms with van der Waals surface area (Å²) in [4.78, 5) is 0. The minimum atomic E-state index is -0.0969. The number of ether oxygens (including phenoxy) is 1. The largest absolute Gasteiger partial charge is 0.374 e. The van der Waals surface area contributed by atoms with Crippen LogP contribution >= 0.6 is 0 Å². The maximum absolute atomic E-state index is 5.80. The molecule has 0 saturated carbocycles. The zero-order valence-corrected chi connectivity index (χ0v) is 9.89. The molecule has 2 atom stereocenters. The van der Waals surface area contributed by atoms with Crippen LogP contribution in [0.4, 0.5) is 0 Å². The molecule has 0 aliphatic rings. The molecule has 0 aliphatic carbocycles. The number of hydrogen-bond acceptors (Lipinski definition) is 2. The fourth-order valence-corrected chi connectivity index (χ4v) is 1.76. The van der Waals surface area contributed by atoms with Crippen LogP contribution < -0.4 is 5.32 Å². The molecule has 0 aromatic rings. The van der Waals surface area contributed by atoms with Crippen LogP contribution in [0.25, 0.3) is 0 Å². The van der Waals surface area contributed by atoms with Crippen LogP contribution in [-0.4, -0.2) is 25.3 Å². The Morgan fingerprint density at radius 2 is 2.14 bits per heavy atom. The van der Waals surface area contributed by atoms with Crippen molar-refractivity contribution in [3.05, 3.63) is 0 Å². The summed E-state index contributed by atoms with van der Waals surface area (Å²) in [5.74, 6) is 2.68. The second-order valence-corrected chi connectivity index (χ2v) is 3.68. The fourth-order valence-electron chi connectivity index (χ4n) is 1.76. The highest BCUT2D eigenvalue weighted by Gasteiger charge is 2.31. The summed E-state index contributed by atoms with van der Waals surface area (Å²) in [6.07, 6.45) is 8.04. The van der Waals surface area contributed by atoms with Gasteiger partial charge in [0.05, 0.1) is 5.60 Å². The van der Waals surface area contributed by atoms with Crippen molar-refractivity contribution in [1.29, 1.82) is 0 Å². The first-order valence-electron chi connectivity index (χ1n) is 5.39. The fraction of sp³-hybridized carbons (Fsp3) is 0.833. The first kappa shape index (κ1) is 13.5. The monoisotopic (exact) mass is 197 g/mol. The second-order valence-electron chi connectivity index (χ2n) is 3.68. The van der Waals surface area contributed by atoms with Gasteiger partial charge >= 0.3 is 0 Å². The summed E-state index contributed by atoms with van der Waals surface area (Å²) >= 11 is 0. The molecule has 82 valence electrons. The molecule has 0 fully saturated rings. The van der Waals surface area contributed by atoms with Gasteiger partial charge in [-0.25, -0.2) is 0 Å². The second kappa shape index (κ2) is 6.86. The van der Waals surface area contributed by atoms with Crippen molar-refractivity contribution in [3.8, 4) is 12.3 Å². The standard InChI is InChI=1S/C12H23NO/c1-6-9-10-11(13-5)12(4,7-2)14-8-3/h1,11,13H,7-10H2,2-5H3. The van der Waals surface area contributed by atoms with Gasteiger partial charge in [0.25, 0.3) is 0 Å². The molecule has 0 saturated heterocycles. The third kappa shape index (κ3) is 3.69. The molecule has 0 radical (unpaired) electrons. The Kier molecular flexibility index (Phi) is 6.61. The van der Waals surface area contributed by atoms with Gasteiger partial charge in [-0.15, -0.1) is 12.3 Å². The molecule has 2 nitrogen and oxygen atoms in total. The lowest BCUT2D eigenvalue weighted by Gasteiger charge is -2.36. The lowest BCUT2D eigenvalue weighted by Crippen LogP contribution is -2.49. The van der Waals surface area contributed by atoms with Crippen LogP contribution in [0, 0.1) is 12.3 Å². The minimum absolute atomic E-state index is 0.0969. The number of hydrogen-bond donors (Lipinski definition) is 1. The normalized spacial score (nSPS) is 17.1. The summed E-state index contributed by atoms with van der Waals surface area (Å²) in [6.45, 7) is 7.07. The number of nitrogens with one attached hydrogen (secondary N) is 1. The van der Waals surface area contributed by atoms with Crippen LogP contribution in [0.5, 0.6) is 0 Å². The number of rotatable bonds is 7. The van der Waals surface area contributed by atoms with Crippen LogP contribution in [0.15, 0.2) is 0 Å². The lowest BCUT2D eigenvalue weighted by molar-refractivity contribution is -0.0550. The zero-order valence-electron chi connectivity index (χ0n) is 9.89. The van der Waals surface area contributed by atoms with Gasteiger partial charge < -0.3 is 10.1 Å². The van der Waals surface area contributed by atoms with Gasteiger partial charge in [0.2, 0.25) is 0 Å². The van der Waals surface area contributed by atoms with E-state index in [0.29, 0.717) is 6.04 Å². The Labute approximate surface area is 88.4 Å². The smallest absolute Gasteiger partial charge is 0.0804 e. The molecule has 0 amide bonds. The molecule has 1 N–H and O–H groups in total. The van der Waals surface area contributed by atoms with Gasteiger partial charge in [-0.3, -0.25) is 0 Å². The van der Waals surface area contributed by atoms with Crippen molar-refractivity contribution in [2.24, 2.45) is 0 Å². The molecule has 0 heterocycles. The van der Waals surface area contributed by atoms with Crippen LogP contribution in [0.2, 0.25) is 0 Å². The summed E-state index contributed by atoms with van der Waals surface area (Å²) in [5, 5.41) is 3.29. The van der Waals surface area contributed by atoms with Crippen molar-refractivity contribution in [1.82, 2.24) is 5.32 Å². The van der Waals surface area contributed by atoms with E-state index in [1.54, 1.807) is 0 Å². The van der Waals surface area contributed by atoms with Gasteiger partial charge in [0, 0.05) is 19.1 Å². The summed E-state index contributed by atoms with van der Waals surface area (Å²) in [5.41, 5.74) is -0.0969. The van der Waals surface area contributed by atoms with Crippen molar-refractivity contribution >= 4 is 0 Å².